The minimum atomic E-state index is -2.96. The molecule has 0 aromatic carbocycles. The Morgan fingerprint density at radius 3 is 2.64 bits per heavy atom. The van der Waals surface area contributed by atoms with Crippen molar-refractivity contribution in [2.75, 3.05) is 0 Å². The van der Waals surface area contributed by atoms with Gasteiger partial charge in [0.25, 0.3) is 0 Å². The quantitative estimate of drug-likeness (QED) is 0.569. The summed E-state index contributed by atoms with van der Waals surface area (Å²) in [5.41, 5.74) is 0.493. The zero-order valence-corrected chi connectivity index (χ0v) is 11.8. The summed E-state index contributed by atoms with van der Waals surface area (Å²) in [7, 11) is 0. The van der Waals surface area contributed by atoms with Crippen molar-refractivity contribution in [3.8, 4) is 5.88 Å². The molecule has 0 saturated heterocycles. The Bertz CT molecular complexity index is 587. The molecule has 2 N–H and O–H groups in total. The predicted octanol–water partition coefficient (Wildman–Crippen LogP) is 3.52. The Kier molecular flexibility index (Phi) is 6.43. The van der Waals surface area contributed by atoms with Gasteiger partial charge in [-0.2, -0.15) is 8.78 Å². The molecule has 1 aromatic heterocycles. The van der Waals surface area contributed by atoms with E-state index in [9.17, 15) is 17.6 Å². The maximum atomic E-state index is 13.2. The van der Waals surface area contributed by atoms with Gasteiger partial charge in [0.2, 0.25) is 5.88 Å². The Balaban J connectivity index is 2.58. The van der Waals surface area contributed by atoms with E-state index in [0.717, 1.165) is 0 Å². The summed E-state index contributed by atoms with van der Waals surface area (Å²) in [6, 6.07) is 2.89. The van der Waals surface area contributed by atoms with Crippen molar-refractivity contribution >= 4 is 0 Å². The molecule has 0 aliphatic carbocycles. The molecule has 8 heteroatoms. The fraction of sp³-hybridized carbons (Fsp3) is 0.214. The highest BCUT2D eigenvalue weighted by molar-refractivity contribution is 5.23. The van der Waals surface area contributed by atoms with E-state index in [-0.39, 0.29) is 23.9 Å². The molecule has 0 aliphatic rings. The van der Waals surface area contributed by atoms with Crippen molar-refractivity contribution in [2.24, 2.45) is 0 Å². The average molecular weight is 317 g/mol. The summed E-state index contributed by atoms with van der Waals surface area (Å²) in [6.07, 6.45) is 1.31. The topological polar surface area (TPSA) is 46.2 Å². The number of hydrogen-bond donors (Lipinski definition) is 2. The van der Waals surface area contributed by atoms with Gasteiger partial charge in [-0.25, -0.2) is 13.8 Å². The van der Waals surface area contributed by atoms with Crippen LogP contribution in [0.15, 0.2) is 54.7 Å². The smallest absolute Gasteiger partial charge is 0.388 e. The number of allylic oxidation sites excluding steroid dienone is 3. The average Bonchev–Trinajstić information content (AvgIpc) is 2.43. The number of halogens is 4. The number of rotatable bonds is 8. The standard InChI is InChI=1S/C14H15F4N3O/c1-8(15)13(16)9(2)21-10(3)20-7-11-4-5-19-12(6-11)22-14(17)18/h4-6,14,20-21H,1,3,7H2,2H3/b13-9-. The highest BCUT2D eigenvalue weighted by atomic mass is 19.3. The summed E-state index contributed by atoms with van der Waals surface area (Å²) in [4.78, 5) is 3.62. The van der Waals surface area contributed by atoms with Crippen LogP contribution in [0.1, 0.15) is 12.5 Å². The zero-order chi connectivity index (χ0) is 16.7. The molecule has 0 spiro atoms. The predicted molar refractivity (Wildman–Crippen MR) is 74.0 cm³/mol. The first-order chi connectivity index (χ1) is 10.3. The molecule has 1 rings (SSSR count). The molecule has 120 valence electrons. The van der Waals surface area contributed by atoms with Crippen LogP contribution in [0.25, 0.3) is 0 Å². The number of nitrogens with one attached hydrogen (secondary N) is 2. The van der Waals surface area contributed by atoms with Gasteiger partial charge in [-0.15, -0.1) is 0 Å². The van der Waals surface area contributed by atoms with Gasteiger partial charge < -0.3 is 15.4 Å². The second kappa shape index (κ2) is 8.06. The van der Waals surface area contributed by atoms with Crippen LogP contribution in [-0.4, -0.2) is 11.6 Å². The molecule has 0 unspecified atom stereocenters. The Labute approximate surface area is 125 Å². The summed E-state index contributed by atoms with van der Waals surface area (Å²) in [5.74, 6) is -2.33. The molecule has 0 amide bonds. The van der Waals surface area contributed by atoms with E-state index in [2.05, 4.69) is 33.5 Å². The lowest BCUT2D eigenvalue weighted by molar-refractivity contribution is -0.0528. The lowest BCUT2D eigenvalue weighted by atomic mass is 10.2. The highest BCUT2D eigenvalue weighted by Gasteiger charge is 2.08. The Morgan fingerprint density at radius 2 is 2.05 bits per heavy atom. The number of ether oxygens (including phenoxy) is 1. The highest BCUT2D eigenvalue weighted by Crippen LogP contribution is 2.15. The van der Waals surface area contributed by atoms with E-state index in [1.54, 1.807) is 6.07 Å². The maximum Gasteiger partial charge on any atom is 0.388 e. The minimum absolute atomic E-state index is 0.0959. The molecule has 1 aromatic rings. The van der Waals surface area contributed by atoms with Crippen LogP contribution < -0.4 is 15.4 Å². The number of aromatic nitrogens is 1. The molecule has 0 saturated carbocycles. The van der Waals surface area contributed by atoms with Gasteiger partial charge in [0.05, 0.1) is 11.5 Å². The fourth-order valence-corrected chi connectivity index (χ4v) is 1.45. The fourth-order valence-electron chi connectivity index (χ4n) is 1.45. The molecule has 0 atom stereocenters. The van der Waals surface area contributed by atoms with Crippen LogP contribution in [0.5, 0.6) is 5.88 Å². The van der Waals surface area contributed by atoms with Crippen molar-refractivity contribution in [2.45, 2.75) is 20.1 Å². The molecule has 1 heterocycles. The van der Waals surface area contributed by atoms with Crippen LogP contribution in [0, 0.1) is 0 Å². The first kappa shape index (κ1) is 17.5. The van der Waals surface area contributed by atoms with Crippen molar-refractivity contribution in [1.29, 1.82) is 0 Å². The SMILES string of the molecule is C=C(NCc1ccnc(OC(F)F)c1)N/C(C)=C(\F)C(=C)F. The monoisotopic (exact) mass is 317 g/mol. The molecule has 0 bridgehead atoms. The van der Waals surface area contributed by atoms with Crippen LogP contribution in [0.3, 0.4) is 0 Å². The van der Waals surface area contributed by atoms with Gasteiger partial charge in [0, 0.05) is 18.8 Å². The lowest BCUT2D eigenvalue weighted by Gasteiger charge is -2.13. The molecule has 0 aliphatic heterocycles. The maximum absolute atomic E-state index is 13.2. The van der Waals surface area contributed by atoms with Gasteiger partial charge in [0.1, 0.15) is 0 Å². The summed E-state index contributed by atoms with van der Waals surface area (Å²) in [5, 5.41) is 5.28. The van der Waals surface area contributed by atoms with Crippen molar-refractivity contribution in [1.82, 2.24) is 15.6 Å². The van der Waals surface area contributed by atoms with Gasteiger partial charge in [-0.3, -0.25) is 0 Å². The molecule has 4 nitrogen and oxygen atoms in total. The summed E-state index contributed by atoms with van der Waals surface area (Å²) >= 11 is 0. The summed E-state index contributed by atoms with van der Waals surface area (Å²) in [6.45, 7) is 4.96. The first-order valence-corrected chi connectivity index (χ1v) is 6.10. The lowest BCUT2D eigenvalue weighted by Crippen LogP contribution is -2.24. The van der Waals surface area contributed by atoms with Crippen LogP contribution in [0.4, 0.5) is 17.6 Å². The van der Waals surface area contributed by atoms with E-state index in [1.807, 2.05) is 0 Å². The van der Waals surface area contributed by atoms with Gasteiger partial charge in [-0.05, 0) is 18.6 Å². The normalized spacial score (nSPS) is 11.7. The second-order valence-electron chi connectivity index (χ2n) is 4.18. The van der Waals surface area contributed by atoms with Crippen LogP contribution in [0.2, 0.25) is 0 Å². The van der Waals surface area contributed by atoms with E-state index in [4.69, 9.17) is 0 Å². The summed E-state index contributed by atoms with van der Waals surface area (Å²) < 4.78 is 54.1. The second-order valence-corrected chi connectivity index (χ2v) is 4.18. The number of pyridine rings is 1. The third kappa shape index (κ3) is 5.86. The zero-order valence-electron chi connectivity index (χ0n) is 11.8. The Hall–Kier alpha value is -2.51. The van der Waals surface area contributed by atoms with Gasteiger partial charge in [0.15, 0.2) is 11.7 Å². The van der Waals surface area contributed by atoms with E-state index in [0.29, 0.717) is 5.56 Å². The molecule has 22 heavy (non-hydrogen) atoms. The van der Waals surface area contributed by atoms with Gasteiger partial charge >= 0.3 is 6.61 Å². The number of alkyl halides is 2. The first-order valence-electron chi connectivity index (χ1n) is 6.10. The van der Waals surface area contributed by atoms with Crippen LogP contribution in [-0.2, 0) is 6.54 Å². The minimum Gasteiger partial charge on any atom is -0.417 e. The van der Waals surface area contributed by atoms with Crippen molar-refractivity contribution < 1.29 is 22.3 Å². The van der Waals surface area contributed by atoms with E-state index in [1.165, 1.54) is 19.2 Å². The van der Waals surface area contributed by atoms with E-state index >= 15 is 0 Å². The van der Waals surface area contributed by atoms with Crippen molar-refractivity contribution in [3.05, 3.63) is 60.2 Å². The number of hydrogen-bond acceptors (Lipinski definition) is 4. The number of nitrogens with zero attached hydrogens (tertiary/aromatic N) is 1. The van der Waals surface area contributed by atoms with Crippen LogP contribution >= 0.6 is 0 Å². The third-order valence-electron chi connectivity index (χ3n) is 2.42. The van der Waals surface area contributed by atoms with E-state index < -0.39 is 18.3 Å². The third-order valence-corrected chi connectivity index (χ3v) is 2.42. The van der Waals surface area contributed by atoms with Crippen molar-refractivity contribution in [3.63, 3.8) is 0 Å². The molecular formula is C14H15F4N3O. The Morgan fingerprint density at radius 1 is 1.36 bits per heavy atom. The molecule has 0 fully saturated rings. The molecule has 0 radical (unpaired) electrons. The molecular weight excluding hydrogens is 302 g/mol. The largest absolute Gasteiger partial charge is 0.417 e. The van der Waals surface area contributed by atoms with Gasteiger partial charge in [-0.1, -0.05) is 13.2 Å².